The number of nitrogens with one attached hydrogen (secondary N) is 1. The van der Waals surface area contributed by atoms with E-state index in [0.29, 0.717) is 10.8 Å². The Labute approximate surface area is 185 Å². The van der Waals surface area contributed by atoms with Crippen LogP contribution in [0, 0.1) is 0 Å². The summed E-state index contributed by atoms with van der Waals surface area (Å²) in [5, 5.41) is 11.3. The van der Waals surface area contributed by atoms with Crippen LogP contribution in [-0.4, -0.2) is 46.4 Å². The summed E-state index contributed by atoms with van der Waals surface area (Å²) in [6.45, 7) is 1.10. The van der Waals surface area contributed by atoms with Gasteiger partial charge in [-0.1, -0.05) is 11.6 Å². The van der Waals surface area contributed by atoms with Gasteiger partial charge in [-0.25, -0.2) is 4.98 Å². The number of benzene rings is 1. The van der Waals surface area contributed by atoms with Crippen LogP contribution in [-0.2, 0) is 0 Å². The van der Waals surface area contributed by atoms with Gasteiger partial charge in [0.15, 0.2) is 0 Å². The van der Waals surface area contributed by atoms with E-state index in [2.05, 4.69) is 38.1 Å². The number of anilines is 1. The first-order chi connectivity index (χ1) is 15.2. The van der Waals surface area contributed by atoms with E-state index in [1.807, 2.05) is 24.4 Å². The predicted molar refractivity (Wildman–Crippen MR) is 124 cm³/mol. The lowest BCUT2D eigenvalue weighted by molar-refractivity contribution is 0.266. The number of pyridine rings is 2. The number of aromatic nitrogens is 3. The van der Waals surface area contributed by atoms with Crippen molar-refractivity contribution in [1.82, 2.24) is 15.0 Å². The molecule has 0 radical (unpaired) electrons. The van der Waals surface area contributed by atoms with Crippen LogP contribution in [0.5, 0.6) is 5.75 Å². The number of rotatable bonds is 5. The van der Waals surface area contributed by atoms with E-state index >= 15 is 0 Å². The van der Waals surface area contributed by atoms with Crippen molar-refractivity contribution in [3.8, 4) is 28.1 Å². The second-order valence-electron chi connectivity index (χ2n) is 7.79. The van der Waals surface area contributed by atoms with E-state index in [1.54, 1.807) is 19.5 Å². The van der Waals surface area contributed by atoms with Crippen molar-refractivity contribution in [2.45, 2.75) is 18.9 Å². The quantitative estimate of drug-likeness (QED) is 0.466. The van der Waals surface area contributed by atoms with Crippen molar-refractivity contribution in [2.75, 3.05) is 25.2 Å². The Balaban J connectivity index is 1.47. The number of H-pyrrole nitrogens is 1. The number of halogens is 1. The van der Waals surface area contributed by atoms with E-state index in [1.165, 1.54) is 0 Å². The highest BCUT2D eigenvalue weighted by molar-refractivity contribution is 6.34. The Kier molecular flexibility index (Phi) is 5.26. The average molecular weight is 435 g/mol. The Hall–Kier alpha value is -3.09. The molecule has 1 aliphatic heterocycles. The molecule has 4 heterocycles. The molecule has 158 valence electrons. The van der Waals surface area contributed by atoms with Gasteiger partial charge in [-0.05, 0) is 49.2 Å². The van der Waals surface area contributed by atoms with Crippen LogP contribution in [0.25, 0.3) is 33.3 Å². The number of nitrogens with zero attached hydrogens (tertiary/aromatic N) is 3. The molecule has 0 saturated carbocycles. The lowest BCUT2D eigenvalue weighted by atomic mass is 10.1. The molecule has 6 nitrogen and oxygen atoms in total. The molecule has 0 bridgehead atoms. The van der Waals surface area contributed by atoms with Gasteiger partial charge in [0.1, 0.15) is 11.6 Å². The van der Waals surface area contributed by atoms with Gasteiger partial charge in [0.25, 0.3) is 0 Å². The maximum atomic E-state index is 9.57. The van der Waals surface area contributed by atoms with Crippen molar-refractivity contribution in [2.24, 2.45) is 0 Å². The Morgan fingerprint density at radius 1 is 1.16 bits per heavy atom. The second kappa shape index (κ2) is 8.21. The highest BCUT2D eigenvalue weighted by atomic mass is 35.5. The molecule has 1 aromatic carbocycles. The number of ether oxygens (including phenoxy) is 1. The summed E-state index contributed by atoms with van der Waals surface area (Å²) < 4.78 is 5.29. The Morgan fingerprint density at radius 3 is 2.84 bits per heavy atom. The van der Waals surface area contributed by atoms with Crippen molar-refractivity contribution < 1.29 is 9.84 Å². The standard InChI is InChI=1S/C24H23ClN4O2/c1-31-19-7-17(11-26-13-19)20-8-16-9-22(28-23(16)10-21(20)25)15-4-5-24(27-12-15)29-6-2-3-18(29)14-30/h4-5,7-13,18,28,30H,2-3,6,14H2,1H3. The summed E-state index contributed by atoms with van der Waals surface area (Å²) in [5.41, 5.74) is 4.75. The molecule has 1 unspecified atom stereocenters. The number of hydrogen-bond acceptors (Lipinski definition) is 5. The first-order valence-electron chi connectivity index (χ1n) is 10.3. The van der Waals surface area contributed by atoms with E-state index in [4.69, 9.17) is 16.3 Å². The van der Waals surface area contributed by atoms with Crippen LogP contribution >= 0.6 is 11.6 Å². The first kappa shape index (κ1) is 19.8. The maximum absolute atomic E-state index is 9.57. The molecular weight excluding hydrogens is 412 g/mol. The summed E-state index contributed by atoms with van der Waals surface area (Å²) in [6.07, 6.45) is 7.42. The third kappa shape index (κ3) is 3.73. The van der Waals surface area contributed by atoms with Gasteiger partial charge in [-0.15, -0.1) is 0 Å². The smallest absolute Gasteiger partial charge is 0.137 e. The summed E-state index contributed by atoms with van der Waals surface area (Å²) in [6, 6.07) is 12.3. The number of methoxy groups -OCH3 is 1. The van der Waals surface area contributed by atoms with Gasteiger partial charge in [0, 0.05) is 52.2 Å². The zero-order chi connectivity index (χ0) is 21.4. The van der Waals surface area contributed by atoms with Gasteiger partial charge in [0.05, 0.1) is 31.0 Å². The zero-order valence-corrected chi connectivity index (χ0v) is 17.9. The molecule has 1 atom stereocenters. The van der Waals surface area contributed by atoms with E-state index in [9.17, 15) is 5.11 Å². The molecule has 2 N–H and O–H groups in total. The molecule has 1 fully saturated rings. The van der Waals surface area contributed by atoms with Crippen LogP contribution in [0.1, 0.15) is 12.8 Å². The minimum atomic E-state index is 0.164. The van der Waals surface area contributed by atoms with Crippen LogP contribution in [0.2, 0.25) is 5.02 Å². The minimum absolute atomic E-state index is 0.164. The fourth-order valence-corrected chi connectivity index (χ4v) is 4.52. The zero-order valence-electron chi connectivity index (χ0n) is 17.2. The molecule has 7 heteroatoms. The number of aliphatic hydroxyl groups excluding tert-OH is 1. The summed E-state index contributed by atoms with van der Waals surface area (Å²) in [7, 11) is 1.62. The first-order valence-corrected chi connectivity index (χ1v) is 10.7. The summed E-state index contributed by atoms with van der Waals surface area (Å²) >= 11 is 6.58. The van der Waals surface area contributed by atoms with Crippen molar-refractivity contribution in [1.29, 1.82) is 0 Å². The molecule has 4 aromatic rings. The molecule has 0 amide bonds. The molecule has 1 saturated heterocycles. The molecular formula is C24H23ClN4O2. The number of aliphatic hydroxyl groups is 1. The van der Waals surface area contributed by atoms with Crippen LogP contribution in [0.3, 0.4) is 0 Å². The predicted octanol–water partition coefficient (Wildman–Crippen LogP) is 4.92. The van der Waals surface area contributed by atoms with Crippen LogP contribution in [0.15, 0.2) is 55.0 Å². The van der Waals surface area contributed by atoms with Crippen molar-refractivity contribution in [3.63, 3.8) is 0 Å². The van der Waals surface area contributed by atoms with E-state index in [-0.39, 0.29) is 12.6 Å². The van der Waals surface area contributed by atoms with Gasteiger partial charge < -0.3 is 19.7 Å². The Morgan fingerprint density at radius 2 is 2.06 bits per heavy atom. The van der Waals surface area contributed by atoms with Crippen molar-refractivity contribution >= 4 is 28.3 Å². The average Bonchev–Trinajstić information content (AvgIpc) is 3.45. The van der Waals surface area contributed by atoms with Gasteiger partial charge in [-0.3, -0.25) is 4.98 Å². The summed E-state index contributed by atoms with van der Waals surface area (Å²) in [4.78, 5) is 14.5. The van der Waals surface area contributed by atoms with Crippen LogP contribution in [0.4, 0.5) is 5.82 Å². The van der Waals surface area contributed by atoms with Crippen LogP contribution < -0.4 is 9.64 Å². The van der Waals surface area contributed by atoms with Gasteiger partial charge >= 0.3 is 0 Å². The fraction of sp³-hybridized carbons (Fsp3) is 0.250. The summed E-state index contributed by atoms with van der Waals surface area (Å²) in [5.74, 6) is 1.60. The third-order valence-corrected chi connectivity index (χ3v) is 6.22. The third-order valence-electron chi connectivity index (χ3n) is 5.91. The van der Waals surface area contributed by atoms with Gasteiger partial charge in [-0.2, -0.15) is 0 Å². The molecule has 5 rings (SSSR count). The number of fused-ring (bicyclic) bond motifs is 1. The molecule has 0 aliphatic carbocycles. The van der Waals surface area contributed by atoms with Gasteiger partial charge in [0.2, 0.25) is 0 Å². The minimum Gasteiger partial charge on any atom is -0.495 e. The second-order valence-corrected chi connectivity index (χ2v) is 8.20. The normalized spacial score (nSPS) is 16.2. The monoisotopic (exact) mass is 434 g/mol. The highest BCUT2D eigenvalue weighted by Crippen LogP contribution is 2.35. The van der Waals surface area contributed by atoms with E-state index < -0.39 is 0 Å². The molecule has 31 heavy (non-hydrogen) atoms. The largest absolute Gasteiger partial charge is 0.495 e. The molecule has 0 spiro atoms. The SMILES string of the molecule is COc1cncc(-c2cc3cc(-c4ccc(N5CCCC5CO)nc4)[nH]c3cc2Cl)c1. The number of aromatic amines is 1. The molecule has 3 aromatic heterocycles. The van der Waals surface area contributed by atoms with Crippen molar-refractivity contribution in [3.05, 3.63) is 60.0 Å². The maximum Gasteiger partial charge on any atom is 0.137 e. The highest BCUT2D eigenvalue weighted by Gasteiger charge is 2.24. The van der Waals surface area contributed by atoms with E-state index in [0.717, 1.165) is 58.5 Å². The fourth-order valence-electron chi connectivity index (χ4n) is 4.25. The Bertz CT molecular complexity index is 1220. The lowest BCUT2D eigenvalue weighted by Gasteiger charge is -2.24. The topological polar surface area (TPSA) is 74.3 Å². The number of hydrogen-bond donors (Lipinski definition) is 2. The molecule has 1 aliphatic rings. The lowest BCUT2D eigenvalue weighted by Crippen LogP contribution is -2.32.